The Bertz CT molecular complexity index is 685. The molecular weight excluding hydrogens is 302 g/mol. The largest absolute Gasteiger partial charge is 0.456 e. The van der Waals surface area contributed by atoms with Gasteiger partial charge in [0.05, 0.1) is 6.42 Å². The Morgan fingerprint density at radius 2 is 1.50 bits per heavy atom. The predicted molar refractivity (Wildman–Crippen MR) is 95.5 cm³/mol. The molecule has 126 valence electrons. The van der Waals surface area contributed by atoms with Crippen LogP contribution in [0.1, 0.15) is 27.2 Å². The number of hydrogen-bond donors (Lipinski definition) is 1. The van der Waals surface area contributed by atoms with E-state index >= 15 is 0 Å². The van der Waals surface area contributed by atoms with Crippen molar-refractivity contribution in [1.29, 1.82) is 0 Å². The maximum absolute atomic E-state index is 11.8. The quantitative estimate of drug-likeness (QED) is 0.835. The van der Waals surface area contributed by atoms with E-state index in [1.807, 2.05) is 75.4 Å². The zero-order chi connectivity index (χ0) is 17.6. The zero-order valence-corrected chi connectivity index (χ0v) is 14.3. The molecule has 2 aromatic carbocycles. The summed E-state index contributed by atoms with van der Waals surface area (Å²) in [6.45, 7) is 5.57. The van der Waals surface area contributed by atoms with Crippen molar-refractivity contribution in [2.75, 3.05) is 11.9 Å². The lowest BCUT2D eigenvalue weighted by Crippen LogP contribution is -2.23. The molecule has 2 rings (SSSR count). The standard InChI is InChI=1S/C20H23NO3/c1-20(2,3)13-19(23)24-14-18(22)21-17-11-9-16(10-12-17)15-7-5-4-6-8-15/h4-12H,13-14H2,1-3H3,(H,21,22). The van der Waals surface area contributed by atoms with E-state index < -0.39 is 0 Å². The van der Waals surface area contributed by atoms with Crippen molar-refractivity contribution in [3.05, 3.63) is 54.6 Å². The molecule has 0 saturated heterocycles. The zero-order valence-electron chi connectivity index (χ0n) is 14.3. The van der Waals surface area contributed by atoms with Crippen molar-refractivity contribution in [3.63, 3.8) is 0 Å². The third-order valence-electron chi connectivity index (χ3n) is 3.31. The van der Waals surface area contributed by atoms with Gasteiger partial charge in [-0.15, -0.1) is 0 Å². The van der Waals surface area contributed by atoms with Gasteiger partial charge in [0.1, 0.15) is 0 Å². The summed E-state index contributed by atoms with van der Waals surface area (Å²) in [5.74, 6) is -0.707. The van der Waals surface area contributed by atoms with Crippen molar-refractivity contribution < 1.29 is 14.3 Å². The Morgan fingerprint density at radius 3 is 2.08 bits per heavy atom. The second kappa shape index (κ2) is 7.77. The second-order valence-electron chi connectivity index (χ2n) is 6.89. The highest BCUT2D eigenvalue weighted by molar-refractivity contribution is 5.93. The average molecular weight is 325 g/mol. The minimum atomic E-state index is -0.364. The lowest BCUT2D eigenvalue weighted by molar-refractivity contribution is -0.149. The summed E-state index contributed by atoms with van der Waals surface area (Å²) in [6, 6.07) is 17.5. The lowest BCUT2D eigenvalue weighted by atomic mass is 9.92. The predicted octanol–water partition coefficient (Wildman–Crippen LogP) is 4.27. The van der Waals surface area contributed by atoms with Crippen molar-refractivity contribution in [3.8, 4) is 11.1 Å². The van der Waals surface area contributed by atoms with Gasteiger partial charge in [-0.1, -0.05) is 63.2 Å². The van der Waals surface area contributed by atoms with Crippen molar-refractivity contribution in [2.24, 2.45) is 5.41 Å². The Kier molecular flexibility index (Phi) is 5.74. The van der Waals surface area contributed by atoms with E-state index in [1.165, 1.54) is 0 Å². The van der Waals surface area contributed by atoms with E-state index in [0.717, 1.165) is 11.1 Å². The fraction of sp³-hybridized carbons (Fsp3) is 0.300. The first kappa shape index (κ1) is 17.7. The molecule has 0 radical (unpaired) electrons. The number of carbonyl (C=O) groups is 2. The van der Waals surface area contributed by atoms with Crippen LogP contribution in [0.15, 0.2) is 54.6 Å². The molecule has 4 nitrogen and oxygen atoms in total. The highest BCUT2D eigenvalue weighted by atomic mass is 16.5. The van der Waals surface area contributed by atoms with Gasteiger partial charge in [-0.25, -0.2) is 0 Å². The molecule has 0 aliphatic carbocycles. The third-order valence-corrected chi connectivity index (χ3v) is 3.31. The normalized spacial score (nSPS) is 11.0. The van der Waals surface area contributed by atoms with Crippen molar-refractivity contribution in [2.45, 2.75) is 27.2 Å². The van der Waals surface area contributed by atoms with E-state index in [0.29, 0.717) is 5.69 Å². The fourth-order valence-corrected chi connectivity index (χ4v) is 2.20. The summed E-state index contributed by atoms with van der Waals surface area (Å²) in [5, 5.41) is 2.72. The molecule has 0 saturated carbocycles. The van der Waals surface area contributed by atoms with Crippen LogP contribution in [-0.2, 0) is 14.3 Å². The smallest absolute Gasteiger partial charge is 0.306 e. The van der Waals surface area contributed by atoms with E-state index in [2.05, 4.69) is 5.32 Å². The molecule has 0 fully saturated rings. The topological polar surface area (TPSA) is 55.4 Å². The number of benzene rings is 2. The van der Waals surface area contributed by atoms with Crippen LogP contribution in [0.4, 0.5) is 5.69 Å². The fourth-order valence-electron chi connectivity index (χ4n) is 2.20. The van der Waals surface area contributed by atoms with E-state index in [9.17, 15) is 9.59 Å². The average Bonchev–Trinajstić information content (AvgIpc) is 2.53. The molecule has 4 heteroatoms. The minimum absolute atomic E-state index is 0.152. The van der Waals surface area contributed by atoms with Crippen LogP contribution in [0.25, 0.3) is 11.1 Å². The Balaban J connectivity index is 1.85. The number of anilines is 1. The number of hydrogen-bond acceptors (Lipinski definition) is 3. The van der Waals surface area contributed by atoms with Crippen LogP contribution in [-0.4, -0.2) is 18.5 Å². The molecule has 0 aromatic heterocycles. The first-order chi connectivity index (χ1) is 11.3. The molecule has 0 spiro atoms. The van der Waals surface area contributed by atoms with Gasteiger partial charge >= 0.3 is 5.97 Å². The van der Waals surface area contributed by atoms with Gasteiger partial charge in [0.25, 0.3) is 5.91 Å². The van der Waals surface area contributed by atoms with Gasteiger partial charge in [0.15, 0.2) is 6.61 Å². The monoisotopic (exact) mass is 325 g/mol. The number of rotatable bonds is 5. The van der Waals surface area contributed by atoms with Crippen molar-refractivity contribution >= 4 is 17.6 Å². The van der Waals surface area contributed by atoms with Crippen LogP contribution >= 0.6 is 0 Å². The van der Waals surface area contributed by atoms with Gasteiger partial charge < -0.3 is 10.1 Å². The maximum atomic E-state index is 11.8. The van der Waals surface area contributed by atoms with Gasteiger partial charge in [0, 0.05) is 5.69 Å². The SMILES string of the molecule is CC(C)(C)CC(=O)OCC(=O)Nc1ccc(-c2ccccc2)cc1. The first-order valence-corrected chi connectivity index (χ1v) is 7.94. The number of ether oxygens (including phenoxy) is 1. The lowest BCUT2D eigenvalue weighted by Gasteiger charge is -2.16. The molecule has 0 bridgehead atoms. The maximum Gasteiger partial charge on any atom is 0.306 e. The van der Waals surface area contributed by atoms with E-state index in [1.54, 1.807) is 0 Å². The van der Waals surface area contributed by atoms with Crippen LogP contribution in [0.5, 0.6) is 0 Å². The summed E-state index contributed by atoms with van der Waals surface area (Å²) >= 11 is 0. The highest BCUT2D eigenvalue weighted by Crippen LogP contribution is 2.21. The molecule has 0 aliphatic heterocycles. The molecular formula is C20H23NO3. The highest BCUT2D eigenvalue weighted by Gasteiger charge is 2.17. The van der Waals surface area contributed by atoms with Crippen LogP contribution in [0.2, 0.25) is 0 Å². The molecule has 24 heavy (non-hydrogen) atoms. The van der Waals surface area contributed by atoms with Gasteiger partial charge in [0.2, 0.25) is 0 Å². The van der Waals surface area contributed by atoms with Crippen molar-refractivity contribution in [1.82, 2.24) is 0 Å². The Hall–Kier alpha value is -2.62. The summed E-state index contributed by atoms with van der Waals surface area (Å²) in [5.41, 5.74) is 2.71. The molecule has 0 heterocycles. The minimum Gasteiger partial charge on any atom is -0.456 e. The molecule has 2 aromatic rings. The second-order valence-corrected chi connectivity index (χ2v) is 6.89. The Labute approximate surface area is 142 Å². The van der Waals surface area contributed by atoms with Crippen LogP contribution < -0.4 is 5.32 Å². The van der Waals surface area contributed by atoms with Crippen LogP contribution in [0.3, 0.4) is 0 Å². The molecule has 0 unspecified atom stereocenters. The van der Waals surface area contributed by atoms with Gasteiger partial charge in [-0.05, 0) is 28.7 Å². The van der Waals surface area contributed by atoms with E-state index in [4.69, 9.17) is 4.74 Å². The van der Waals surface area contributed by atoms with Gasteiger partial charge in [-0.2, -0.15) is 0 Å². The summed E-state index contributed by atoms with van der Waals surface area (Å²) < 4.78 is 4.99. The van der Waals surface area contributed by atoms with Gasteiger partial charge in [-0.3, -0.25) is 9.59 Å². The summed E-state index contributed by atoms with van der Waals surface area (Å²) in [6.07, 6.45) is 0.284. The first-order valence-electron chi connectivity index (χ1n) is 7.94. The number of amides is 1. The van der Waals surface area contributed by atoms with E-state index in [-0.39, 0.29) is 30.3 Å². The third kappa shape index (κ3) is 5.88. The number of carbonyl (C=O) groups excluding carboxylic acids is 2. The summed E-state index contributed by atoms with van der Waals surface area (Å²) in [7, 11) is 0. The van der Waals surface area contributed by atoms with Crippen LogP contribution in [0, 0.1) is 5.41 Å². The Morgan fingerprint density at radius 1 is 0.917 bits per heavy atom. The molecule has 1 N–H and O–H groups in total. The summed E-state index contributed by atoms with van der Waals surface area (Å²) in [4.78, 5) is 23.5. The molecule has 0 aliphatic rings. The number of esters is 1. The molecule has 0 atom stereocenters. The molecule has 1 amide bonds. The number of nitrogens with one attached hydrogen (secondary N) is 1.